The molecule has 0 saturated carbocycles. The first-order valence-electron chi connectivity index (χ1n) is 8.32. The average molecular weight is 347 g/mol. The van der Waals surface area contributed by atoms with Crippen molar-refractivity contribution in [2.24, 2.45) is 5.10 Å². The third-order valence-corrected chi connectivity index (χ3v) is 4.20. The Bertz CT molecular complexity index is 943. The number of hydrogen-bond acceptors (Lipinski definition) is 3. The molecule has 5 heteroatoms. The molecule has 1 amide bonds. The third-order valence-electron chi connectivity index (χ3n) is 4.20. The summed E-state index contributed by atoms with van der Waals surface area (Å²) < 4.78 is 7.32. The fourth-order valence-electron chi connectivity index (χ4n) is 2.96. The number of carbonyl (C=O) groups excluding carboxylic acids is 1. The van der Waals surface area contributed by atoms with Crippen molar-refractivity contribution < 1.29 is 9.53 Å². The van der Waals surface area contributed by atoms with Gasteiger partial charge in [0.15, 0.2) is 0 Å². The molecular formula is C21H21N3O2. The standard InChI is InChI=1S/C21H21N3O2/c1-15-13-19(16(2)24(15)18-10-5-4-6-11-18)21(25)23-22-14-17-9-7-8-12-20(17)26-3/h4-14H,1-3H3,(H,23,25)/b22-14+. The number of hydrogen-bond donors (Lipinski definition) is 1. The normalized spacial score (nSPS) is 10.9. The zero-order chi connectivity index (χ0) is 18.5. The van der Waals surface area contributed by atoms with Crippen LogP contribution in [-0.4, -0.2) is 23.8 Å². The number of carbonyl (C=O) groups is 1. The molecule has 1 N–H and O–H groups in total. The van der Waals surface area contributed by atoms with Gasteiger partial charge in [0.25, 0.3) is 5.91 Å². The highest BCUT2D eigenvalue weighted by atomic mass is 16.5. The van der Waals surface area contributed by atoms with Gasteiger partial charge in [-0.3, -0.25) is 4.79 Å². The largest absolute Gasteiger partial charge is 0.496 e. The lowest BCUT2D eigenvalue weighted by Crippen LogP contribution is -2.18. The van der Waals surface area contributed by atoms with Gasteiger partial charge in [-0.05, 0) is 44.2 Å². The van der Waals surface area contributed by atoms with Crippen LogP contribution >= 0.6 is 0 Å². The van der Waals surface area contributed by atoms with Gasteiger partial charge < -0.3 is 9.30 Å². The molecule has 132 valence electrons. The Balaban J connectivity index is 1.80. The molecule has 0 aliphatic carbocycles. The Hall–Kier alpha value is -3.34. The van der Waals surface area contributed by atoms with Crippen LogP contribution in [0.25, 0.3) is 5.69 Å². The molecule has 0 atom stereocenters. The smallest absolute Gasteiger partial charge is 0.273 e. The van der Waals surface area contributed by atoms with E-state index in [4.69, 9.17) is 4.74 Å². The zero-order valence-electron chi connectivity index (χ0n) is 15.1. The average Bonchev–Trinajstić information content (AvgIpc) is 2.97. The predicted octanol–water partition coefficient (Wildman–Crippen LogP) is 3.87. The van der Waals surface area contributed by atoms with Crippen LogP contribution in [0.4, 0.5) is 0 Å². The molecule has 0 aliphatic heterocycles. The number of ether oxygens (including phenoxy) is 1. The maximum absolute atomic E-state index is 12.5. The maximum atomic E-state index is 12.5. The van der Waals surface area contributed by atoms with Gasteiger partial charge >= 0.3 is 0 Å². The summed E-state index contributed by atoms with van der Waals surface area (Å²) in [6.45, 7) is 3.91. The first kappa shape index (κ1) is 17.5. The maximum Gasteiger partial charge on any atom is 0.273 e. The molecule has 0 spiro atoms. The van der Waals surface area contributed by atoms with E-state index in [-0.39, 0.29) is 5.91 Å². The van der Waals surface area contributed by atoms with Crippen LogP contribution in [0.1, 0.15) is 27.3 Å². The van der Waals surface area contributed by atoms with Crippen molar-refractivity contribution in [3.05, 3.63) is 83.2 Å². The molecule has 0 bridgehead atoms. The molecule has 2 aromatic carbocycles. The fourth-order valence-corrected chi connectivity index (χ4v) is 2.96. The predicted molar refractivity (Wildman–Crippen MR) is 103 cm³/mol. The van der Waals surface area contributed by atoms with Crippen LogP contribution in [0.2, 0.25) is 0 Å². The zero-order valence-corrected chi connectivity index (χ0v) is 15.1. The van der Waals surface area contributed by atoms with Crippen molar-refractivity contribution in [2.45, 2.75) is 13.8 Å². The van der Waals surface area contributed by atoms with Crippen LogP contribution in [0.3, 0.4) is 0 Å². The van der Waals surface area contributed by atoms with E-state index in [1.807, 2.05) is 74.5 Å². The van der Waals surface area contributed by atoms with Gasteiger partial charge in [0.2, 0.25) is 0 Å². The van der Waals surface area contributed by atoms with Crippen molar-refractivity contribution in [1.29, 1.82) is 0 Å². The lowest BCUT2D eigenvalue weighted by Gasteiger charge is -2.09. The summed E-state index contributed by atoms with van der Waals surface area (Å²) in [7, 11) is 1.60. The van der Waals surface area contributed by atoms with Gasteiger partial charge in [-0.25, -0.2) is 5.43 Å². The molecule has 5 nitrogen and oxygen atoms in total. The number of amides is 1. The van der Waals surface area contributed by atoms with Crippen LogP contribution < -0.4 is 10.2 Å². The number of rotatable bonds is 5. The van der Waals surface area contributed by atoms with E-state index in [2.05, 4.69) is 15.1 Å². The second-order valence-corrected chi connectivity index (χ2v) is 5.90. The molecule has 0 aliphatic rings. The topological polar surface area (TPSA) is 55.6 Å². The highest BCUT2D eigenvalue weighted by molar-refractivity contribution is 5.96. The Morgan fingerprint density at radius 3 is 2.50 bits per heavy atom. The number of nitrogens with one attached hydrogen (secondary N) is 1. The van der Waals surface area contributed by atoms with Crippen LogP contribution in [0, 0.1) is 13.8 Å². The molecule has 0 fully saturated rings. The Morgan fingerprint density at radius 1 is 1.08 bits per heavy atom. The lowest BCUT2D eigenvalue weighted by atomic mass is 10.2. The minimum absolute atomic E-state index is 0.244. The molecule has 0 saturated heterocycles. The van der Waals surface area contributed by atoms with Gasteiger partial charge in [-0.1, -0.05) is 30.3 Å². The van der Waals surface area contributed by atoms with E-state index in [0.29, 0.717) is 11.3 Å². The van der Waals surface area contributed by atoms with Crippen molar-refractivity contribution in [1.82, 2.24) is 9.99 Å². The number of benzene rings is 2. The molecule has 3 aromatic rings. The first-order valence-corrected chi connectivity index (χ1v) is 8.32. The van der Waals surface area contributed by atoms with E-state index in [0.717, 1.165) is 22.6 Å². The Kier molecular flexibility index (Phi) is 5.17. The molecule has 1 aromatic heterocycles. The van der Waals surface area contributed by atoms with Crippen molar-refractivity contribution in [3.8, 4) is 11.4 Å². The molecule has 26 heavy (non-hydrogen) atoms. The van der Waals surface area contributed by atoms with E-state index < -0.39 is 0 Å². The third kappa shape index (κ3) is 3.52. The molecular weight excluding hydrogens is 326 g/mol. The van der Waals surface area contributed by atoms with Crippen LogP contribution in [0.5, 0.6) is 5.75 Å². The van der Waals surface area contributed by atoms with Crippen LogP contribution in [0.15, 0.2) is 65.8 Å². The quantitative estimate of drug-likeness (QED) is 0.563. The summed E-state index contributed by atoms with van der Waals surface area (Å²) in [5.74, 6) is 0.458. The summed E-state index contributed by atoms with van der Waals surface area (Å²) in [4.78, 5) is 12.5. The van der Waals surface area contributed by atoms with Gasteiger partial charge in [0.1, 0.15) is 5.75 Å². The second-order valence-electron chi connectivity index (χ2n) is 5.90. The number of aryl methyl sites for hydroxylation is 1. The lowest BCUT2D eigenvalue weighted by molar-refractivity contribution is 0.0954. The van der Waals surface area contributed by atoms with E-state index in [1.165, 1.54) is 0 Å². The number of hydrazone groups is 1. The molecule has 3 rings (SSSR count). The van der Waals surface area contributed by atoms with Gasteiger partial charge in [-0.15, -0.1) is 0 Å². The van der Waals surface area contributed by atoms with Gasteiger partial charge in [-0.2, -0.15) is 5.10 Å². The number of para-hydroxylation sites is 2. The summed E-state index contributed by atoms with van der Waals surface area (Å²) in [6.07, 6.45) is 1.58. The van der Waals surface area contributed by atoms with E-state index in [9.17, 15) is 4.79 Å². The number of methoxy groups -OCH3 is 1. The van der Waals surface area contributed by atoms with Gasteiger partial charge in [0.05, 0.1) is 18.9 Å². The molecule has 0 radical (unpaired) electrons. The van der Waals surface area contributed by atoms with Crippen molar-refractivity contribution in [2.75, 3.05) is 7.11 Å². The van der Waals surface area contributed by atoms with Crippen molar-refractivity contribution >= 4 is 12.1 Å². The monoisotopic (exact) mass is 347 g/mol. The SMILES string of the molecule is COc1ccccc1/C=N/NC(=O)c1cc(C)n(-c2ccccc2)c1C. The minimum atomic E-state index is -0.244. The van der Waals surface area contributed by atoms with E-state index >= 15 is 0 Å². The second kappa shape index (κ2) is 7.70. The Labute approximate surface area is 152 Å². The van der Waals surface area contributed by atoms with Crippen molar-refractivity contribution in [3.63, 3.8) is 0 Å². The highest BCUT2D eigenvalue weighted by Crippen LogP contribution is 2.20. The summed E-state index contributed by atoms with van der Waals surface area (Å²) in [5.41, 5.74) is 6.88. The van der Waals surface area contributed by atoms with E-state index in [1.54, 1.807) is 13.3 Å². The minimum Gasteiger partial charge on any atom is -0.496 e. The number of nitrogens with zero attached hydrogens (tertiary/aromatic N) is 2. The molecule has 1 heterocycles. The van der Waals surface area contributed by atoms with Gasteiger partial charge in [0, 0.05) is 22.6 Å². The summed E-state index contributed by atoms with van der Waals surface area (Å²) >= 11 is 0. The molecule has 0 unspecified atom stereocenters. The summed E-state index contributed by atoms with van der Waals surface area (Å²) in [6, 6.07) is 19.3. The number of aromatic nitrogens is 1. The first-order chi connectivity index (χ1) is 12.6. The Morgan fingerprint density at radius 2 is 1.77 bits per heavy atom. The highest BCUT2D eigenvalue weighted by Gasteiger charge is 2.16. The van der Waals surface area contributed by atoms with Crippen LogP contribution in [-0.2, 0) is 0 Å². The summed E-state index contributed by atoms with van der Waals surface area (Å²) in [5, 5.41) is 4.07. The fraction of sp³-hybridized carbons (Fsp3) is 0.143.